The summed E-state index contributed by atoms with van der Waals surface area (Å²) >= 11 is 0. The number of ether oxygens (including phenoxy) is 2. The van der Waals surface area contributed by atoms with E-state index < -0.39 is 0 Å². The molecule has 1 aromatic carbocycles. The van der Waals surface area contributed by atoms with Gasteiger partial charge in [-0.05, 0) is 55.8 Å². The number of hydrogen-bond donors (Lipinski definition) is 0. The molecule has 8 heteroatoms. The van der Waals surface area contributed by atoms with E-state index in [0.717, 1.165) is 46.6 Å². The van der Waals surface area contributed by atoms with Crippen LogP contribution in [0, 0.1) is 11.3 Å². The Bertz CT molecular complexity index is 1540. The fraction of sp³-hybridized carbons (Fsp3) is 0.300. The molecule has 0 N–H and O–H groups in total. The third-order valence-electron chi connectivity index (χ3n) is 6.84. The SMILES string of the molecule is COCCN1CCCCC1.COc1cc(-c2ccc(C#N)cc2)c(-c2cnc3ccoc3c2)n2cncc12. The second kappa shape index (κ2) is 11.9. The van der Waals surface area contributed by atoms with Gasteiger partial charge >= 0.3 is 0 Å². The average Bonchev–Trinajstić information content (AvgIpc) is 3.66. The number of nitriles is 1. The van der Waals surface area contributed by atoms with Crippen LogP contribution in [-0.2, 0) is 4.74 Å². The standard InChI is InChI=1S/C22H14N4O2.C8H17NO/c1-27-21-9-17(15-4-2-14(10-23)3-5-15)22(26-13-24-12-19(21)26)16-8-20-18(25-11-16)6-7-28-20;1-10-8-7-9-5-3-2-4-6-9/h2-9,11-13H,1H3;2-8H2,1H3. The normalized spacial score (nSPS) is 13.7. The lowest BCUT2D eigenvalue weighted by Crippen LogP contribution is -2.32. The molecular formula is C30H31N5O3. The lowest BCUT2D eigenvalue weighted by Gasteiger charge is -2.25. The Kier molecular flexibility index (Phi) is 7.98. The van der Waals surface area contributed by atoms with E-state index in [1.54, 1.807) is 45.1 Å². The Morgan fingerprint density at radius 1 is 1.00 bits per heavy atom. The molecule has 6 rings (SSSR count). The summed E-state index contributed by atoms with van der Waals surface area (Å²) in [6, 6.07) is 15.4. The van der Waals surface area contributed by atoms with Gasteiger partial charge in [-0.3, -0.25) is 9.38 Å². The molecule has 4 aromatic heterocycles. The molecule has 1 aliphatic rings. The van der Waals surface area contributed by atoms with Crippen LogP contribution in [0.2, 0.25) is 0 Å². The third kappa shape index (κ3) is 5.40. The number of aromatic nitrogens is 3. The summed E-state index contributed by atoms with van der Waals surface area (Å²) in [5.41, 5.74) is 6.71. The Balaban J connectivity index is 0.000000249. The van der Waals surface area contributed by atoms with Crippen molar-refractivity contribution in [3.63, 3.8) is 0 Å². The van der Waals surface area contributed by atoms with Gasteiger partial charge in [0.2, 0.25) is 0 Å². The number of methoxy groups -OCH3 is 2. The van der Waals surface area contributed by atoms with Crippen molar-refractivity contribution in [2.45, 2.75) is 19.3 Å². The highest BCUT2D eigenvalue weighted by Crippen LogP contribution is 2.38. The molecular weight excluding hydrogens is 478 g/mol. The van der Waals surface area contributed by atoms with Gasteiger partial charge in [0.15, 0.2) is 5.58 Å². The summed E-state index contributed by atoms with van der Waals surface area (Å²) in [5, 5.41) is 9.11. The maximum atomic E-state index is 9.11. The number of benzene rings is 1. The summed E-state index contributed by atoms with van der Waals surface area (Å²) in [7, 11) is 3.41. The van der Waals surface area contributed by atoms with Crippen LogP contribution in [-0.4, -0.2) is 59.7 Å². The van der Waals surface area contributed by atoms with Gasteiger partial charge in [-0.15, -0.1) is 0 Å². The van der Waals surface area contributed by atoms with E-state index in [1.165, 1.54) is 32.4 Å². The van der Waals surface area contributed by atoms with Crippen LogP contribution in [0.15, 0.2) is 71.9 Å². The Morgan fingerprint density at radius 2 is 1.82 bits per heavy atom. The fourth-order valence-electron chi connectivity index (χ4n) is 4.84. The van der Waals surface area contributed by atoms with Gasteiger partial charge in [-0.1, -0.05) is 18.6 Å². The summed E-state index contributed by atoms with van der Waals surface area (Å²) in [4.78, 5) is 11.3. The molecule has 8 nitrogen and oxygen atoms in total. The van der Waals surface area contributed by atoms with Gasteiger partial charge in [0.05, 0.1) is 49.8 Å². The average molecular weight is 510 g/mol. The predicted molar refractivity (Wildman–Crippen MR) is 147 cm³/mol. The molecule has 5 heterocycles. The molecule has 0 radical (unpaired) electrons. The van der Waals surface area contributed by atoms with Crippen molar-refractivity contribution in [1.29, 1.82) is 5.26 Å². The fourth-order valence-corrected chi connectivity index (χ4v) is 4.84. The zero-order valence-corrected chi connectivity index (χ0v) is 21.8. The number of piperidine rings is 1. The quantitative estimate of drug-likeness (QED) is 0.285. The van der Waals surface area contributed by atoms with Crippen LogP contribution < -0.4 is 4.74 Å². The van der Waals surface area contributed by atoms with Crippen LogP contribution >= 0.6 is 0 Å². The van der Waals surface area contributed by atoms with E-state index in [-0.39, 0.29) is 0 Å². The molecule has 194 valence electrons. The van der Waals surface area contributed by atoms with Gasteiger partial charge in [0.1, 0.15) is 16.8 Å². The third-order valence-corrected chi connectivity index (χ3v) is 6.84. The van der Waals surface area contributed by atoms with E-state index in [9.17, 15) is 0 Å². The predicted octanol–water partition coefficient (Wildman–Crippen LogP) is 5.81. The molecule has 38 heavy (non-hydrogen) atoms. The van der Waals surface area contributed by atoms with Crippen LogP contribution in [0.1, 0.15) is 24.8 Å². The van der Waals surface area contributed by atoms with Crippen molar-refractivity contribution in [2.75, 3.05) is 40.5 Å². The number of imidazole rings is 1. The largest absolute Gasteiger partial charge is 0.494 e. The van der Waals surface area contributed by atoms with Crippen molar-refractivity contribution in [1.82, 2.24) is 19.3 Å². The molecule has 0 saturated carbocycles. The lowest BCUT2D eigenvalue weighted by molar-refractivity contribution is 0.135. The number of fused-ring (bicyclic) bond motifs is 2. The number of hydrogen-bond acceptors (Lipinski definition) is 7. The number of likely N-dealkylation sites (tertiary alicyclic amines) is 1. The highest BCUT2D eigenvalue weighted by atomic mass is 16.5. The second-order valence-corrected chi connectivity index (χ2v) is 9.24. The highest BCUT2D eigenvalue weighted by Gasteiger charge is 2.17. The van der Waals surface area contributed by atoms with Crippen molar-refractivity contribution in [3.8, 4) is 34.2 Å². The monoisotopic (exact) mass is 509 g/mol. The Labute approximate surface area is 222 Å². The molecule has 0 aliphatic carbocycles. The number of furan rings is 1. The molecule has 1 fully saturated rings. The molecule has 0 bridgehead atoms. The van der Waals surface area contributed by atoms with Crippen LogP contribution in [0.25, 0.3) is 39.0 Å². The molecule has 1 aliphatic heterocycles. The smallest absolute Gasteiger partial charge is 0.152 e. The maximum absolute atomic E-state index is 9.11. The number of rotatable bonds is 6. The minimum absolute atomic E-state index is 0.611. The first-order chi connectivity index (χ1) is 18.7. The first-order valence-electron chi connectivity index (χ1n) is 12.8. The van der Waals surface area contributed by atoms with Crippen LogP contribution in [0.3, 0.4) is 0 Å². The first-order valence-corrected chi connectivity index (χ1v) is 12.8. The van der Waals surface area contributed by atoms with Crippen LogP contribution in [0.5, 0.6) is 5.75 Å². The van der Waals surface area contributed by atoms with E-state index in [2.05, 4.69) is 20.9 Å². The minimum Gasteiger partial charge on any atom is -0.494 e. The summed E-state index contributed by atoms with van der Waals surface area (Å²) < 4.78 is 18.1. The van der Waals surface area contributed by atoms with Gasteiger partial charge in [0.25, 0.3) is 0 Å². The highest BCUT2D eigenvalue weighted by molar-refractivity contribution is 5.88. The Morgan fingerprint density at radius 3 is 2.55 bits per heavy atom. The zero-order chi connectivity index (χ0) is 26.3. The van der Waals surface area contributed by atoms with E-state index in [4.69, 9.17) is 19.2 Å². The molecule has 0 unspecified atom stereocenters. The van der Waals surface area contributed by atoms with Crippen molar-refractivity contribution in [3.05, 3.63) is 73.0 Å². The zero-order valence-electron chi connectivity index (χ0n) is 21.8. The van der Waals surface area contributed by atoms with E-state index in [0.29, 0.717) is 16.9 Å². The van der Waals surface area contributed by atoms with Gasteiger partial charge < -0.3 is 18.8 Å². The van der Waals surface area contributed by atoms with Crippen molar-refractivity contribution < 1.29 is 13.9 Å². The second-order valence-electron chi connectivity index (χ2n) is 9.24. The van der Waals surface area contributed by atoms with Gasteiger partial charge in [0, 0.05) is 37.0 Å². The molecule has 5 aromatic rings. The number of pyridine rings is 2. The van der Waals surface area contributed by atoms with Crippen molar-refractivity contribution >= 4 is 16.6 Å². The Hall–Kier alpha value is -4.19. The van der Waals surface area contributed by atoms with Gasteiger partial charge in [-0.25, -0.2) is 4.98 Å². The first kappa shape index (κ1) is 25.5. The topological polar surface area (TPSA) is 88.8 Å². The molecule has 0 amide bonds. The summed E-state index contributed by atoms with van der Waals surface area (Å²) in [6.45, 7) is 4.57. The van der Waals surface area contributed by atoms with E-state index >= 15 is 0 Å². The van der Waals surface area contributed by atoms with Gasteiger partial charge in [-0.2, -0.15) is 5.26 Å². The lowest BCUT2D eigenvalue weighted by atomic mass is 9.98. The molecule has 0 atom stereocenters. The molecule has 1 saturated heterocycles. The minimum atomic E-state index is 0.611. The maximum Gasteiger partial charge on any atom is 0.152 e. The number of nitrogens with zero attached hydrogens (tertiary/aromatic N) is 5. The van der Waals surface area contributed by atoms with Crippen molar-refractivity contribution in [2.24, 2.45) is 0 Å². The molecule has 0 spiro atoms. The summed E-state index contributed by atoms with van der Waals surface area (Å²) in [5.74, 6) is 0.715. The van der Waals surface area contributed by atoms with Crippen LogP contribution in [0.4, 0.5) is 0 Å². The van der Waals surface area contributed by atoms with E-state index in [1.807, 2.05) is 40.9 Å². The summed E-state index contributed by atoms with van der Waals surface area (Å²) in [6.07, 6.45) is 11.2.